The fraction of sp³-hybridized carbons (Fsp3) is 0.231. The number of amides is 2. The normalized spacial score (nSPS) is 23.4. The zero-order chi connectivity index (χ0) is 12.4. The molecular weight excluding hydrogens is 218 g/mol. The van der Waals surface area contributed by atoms with Gasteiger partial charge >= 0.3 is 6.09 Å². The maximum absolute atomic E-state index is 11.6. The molecule has 4 nitrogen and oxygen atoms in total. The van der Waals surface area contributed by atoms with Crippen molar-refractivity contribution in [2.75, 3.05) is 0 Å². The van der Waals surface area contributed by atoms with E-state index < -0.39 is 18.1 Å². The van der Waals surface area contributed by atoms with Gasteiger partial charge in [-0.2, -0.15) is 0 Å². The van der Waals surface area contributed by atoms with E-state index in [4.69, 9.17) is 4.74 Å². The van der Waals surface area contributed by atoms with Gasteiger partial charge in [-0.25, -0.2) is 9.69 Å². The molecule has 1 aromatic rings. The van der Waals surface area contributed by atoms with Crippen LogP contribution in [0, 0.1) is 0 Å². The van der Waals surface area contributed by atoms with E-state index >= 15 is 0 Å². The Labute approximate surface area is 99.5 Å². The summed E-state index contributed by atoms with van der Waals surface area (Å²) in [4.78, 5) is 24.2. The molecule has 1 heterocycles. The van der Waals surface area contributed by atoms with Crippen LogP contribution in [-0.4, -0.2) is 22.9 Å². The van der Waals surface area contributed by atoms with E-state index in [0.29, 0.717) is 0 Å². The lowest BCUT2D eigenvalue weighted by atomic mass is 10.0. The molecule has 0 aromatic heterocycles. The number of carbonyl (C=O) groups is 2. The molecule has 0 saturated carbocycles. The fourth-order valence-corrected chi connectivity index (χ4v) is 1.94. The summed E-state index contributed by atoms with van der Waals surface area (Å²) in [6, 6.07) is 9.04. The van der Waals surface area contributed by atoms with Crippen molar-refractivity contribution in [2.45, 2.75) is 19.1 Å². The minimum Gasteiger partial charge on any atom is -0.439 e. The van der Waals surface area contributed by atoms with Gasteiger partial charge in [0.05, 0.1) is 6.04 Å². The van der Waals surface area contributed by atoms with Crippen molar-refractivity contribution in [2.24, 2.45) is 0 Å². The minimum atomic E-state index is -0.615. The maximum Gasteiger partial charge on any atom is 0.417 e. The van der Waals surface area contributed by atoms with Gasteiger partial charge < -0.3 is 4.74 Å². The monoisotopic (exact) mass is 231 g/mol. The summed E-state index contributed by atoms with van der Waals surface area (Å²) in [7, 11) is 0. The highest BCUT2D eigenvalue weighted by atomic mass is 16.6. The average molecular weight is 231 g/mol. The van der Waals surface area contributed by atoms with E-state index in [1.165, 1.54) is 0 Å². The fourth-order valence-electron chi connectivity index (χ4n) is 1.94. The highest BCUT2D eigenvalue weighted by Gasteiger charge is 2.42. The Balaban J connectivity index is 2.27. The SMILES string of the molecule is C=CC(=O)N1C(=O)O[C@H](c2ccccc2)[C@@H]1C. The van der Waals surface area contributed by atoms with Gasteiger partial charge in [0, 0.05) is 0 Å². The molecule has 1 saturated heterocycles. The maximum atomic E-state index is 11.6. The Kier molecular flexibility index (Phi) is 2.95. The molecule has 0 N–H and O–H groups in total. The summed E-state index contributed by atoms with van der Waals surface area (Å²) in [6.45, 7) is 5.15. The van der Waals surface area contributed by atoms with E-state index in [2.05, 4.69) is 6.58 Å². The third-order valence-electron chi connectivity index (χ3n) is 2.81. The van der Waals surface area contributed by atoms with Crippen LogP contribution in [0.25, 0.3) is 0 Å². The Morgan fingerprint density at radius 2 is 2.06 bits per heavy atom. The van der Waals surface area contributed by atoms with E-state index in [1.54, 1.807) is 6.92 Å². The van der Waals surface area contributed by atoms with Crippen molar-refractivity contribution in [3.63, 3.8) is 0 Å². The molecule has 0 spiro atoms. The molecule has 1 aromatic carbocycles. The summed E-state index contributed by atoms with van der Waals surface area (Å²) in [6.07, 6.45) is 0.0920. The highest BCUT2D eigenvalue weighted by Crippen LogP contribution is 2.32. The third kappa shape index (κ3) is 1.93. The van der Waals surface area contributed by atoms with Crippen molar-refractivity contribution in [1.82, 2.24) is 4.90 Å². The molecule has 2 atom stereocenters. The van der Waals surface area contributed by atoms with Gasteiger partial charge in [0.25, 0.3) is 5.91 Å². The Morgan fingerprint density at radius 3 is 2.65 bits per heavy atom. The van der Waals surface area contributed by atoms with Gasteiger partial charge in [0.2, 0.25) is 0 Å². The zero-order valence-electron chi connectivity index (χ0n) is 9.50. The van der Waals surface area contributed by atoms with Gasteiger partial charge in [0.1, 0.15) is 6.10 Å². The number of hydrogen-bond acceptors (Lipinski definition) is 3. The number of nitrogens with zero attached hydrogens (tertiary/aromatic N) is 1. The van der Waals surface area contributed by atoms with E-state index in [0.717, 1.165) is 16.5 Å². The molecule has 1 fully saturated rings. The molecule has 17 heavy (non-hydrogen) atoms. The van der Waals surface area contributed by atoms with Gasteiger partial charge in [-0.1, -0.05) is 36.9 Å². The second-order valence-electron chi connectivity index (χ2n) is 3.87. The van der Waals surface area contributed by atoms with Gasteiger partial charge in [-0.05, 0) is 18.6 Å². The van der Waals surface area contributed by atoms with Crippen LogP contribution in [0.2, 0.25) is 0 Å². The molecule has 1 aliphatic rings. The Bertz CT molecular complexity index is 455. The van der Waals surface area contributed by atoms with Gasteiger partial charge in [0.15, 0.2) is 0 Å². The second kappa shape index (κ2) is 4.41. The van der Waals surface area contributed by atoms with Crippen LogP contribution in [0.4, 0.5) is 4.79 Å². The van der Waals surface area contributed by atoms with Crippen molar-refractivity contribution in [1.29, 1.82) is 0 Å². The molecule has 88 valence electrons. The first kappa shape index (κ1) is 11.4. The first-order valence-corrected chi connectivity index (χ1v) is 5.36. The Morgan fingerprint density at radius 1 is 1.41 bits per heavy atom. The van der Waals surface area contributed by atoms with Crippen LogP contribution in [-0.2, 0) is 9.53 Å². The van der Waals surface area contributed by atoms with Crippen molar-refractivity contribution in [3.05, 3.63) is 48.6 Å². The van der Waals surface area contributed by atoms with Crippen molar-refractivity contribution in [3.8, 4) is 0 Å². The quantitative estimate of drug-likeness (QED) is 0.733. The predicted octanol–water partition coefficient (Wildman–Crippen LogP) is 2.28. The molecular formula is C13H13NO3. The second-order valence-corrected chi connectivity index (χ2v) is 3.87. The summed E-state index contributed by atoms with van der Waals surface area (Å²) >= 11 is 0. The number of hydrogen-bond donors (Lipinski definition) is 0. The third-order valence-corrected chi connectivity index (χ3v) is 2.81. The van der Waals surface area contributed by atoms with Crippen molar-refractivity contribution < 1.29 is 14.3 Å². The molecule has 0 aliphatic carbocycles. The van der Waals surface area contributed by atoms with Crippen LogP contribution in [0.1, 0.15) is 18.6 Å². The largest absolute Gasteiger partial charge is 0.439 e. The van der Waals surface area contributed by atoms with Crippen LogP contribution in [0.3, 0.4) is 0 Å². The number of rotatable bonds is 2. The molecule has 0 unspecified atom stereocenters. The Hall–Kier alpha value is -2.10. The van der Waals surface area contributed by atoms with Gasteiger partial charge in [-0.3, -0.25) is 4.79 Å². The molecule has 2 amide bonds. The molecule has 4 heteroatoms. The summed E-state index contributed by atoms with van der Waals surface area (Å²) in [5.41, 5.74) is 0.882. The van der Waals surface area contributed by atoms with Crippen molar-refractivity contribution >= 4 is 12.0 Å². The lowest BCUT2D eigenvalue weighted by Gasteiger charge is -2.17. The molecule has 0 bridgehead atoms. The lowest BCUT2D eigenvalue weighted by molar-refractivity contribution is -0.124. The summed E-state index contributed by atoms with van der Waals surface area (Å²) in [5, 5.41) is 0. The van der Waals surface area contributed by atoms with E-state index in [9.17, 15) is 9.59 Å². The summed E-state index contributed by atoms with van der Waals surface area (Å²) in [5.74, 6) is -0.430. The minimum absolute atomic E-state index is 0.324. The molecule has 1 aliphatic heterocycles. The first-order chi connectivity index (χ1) is 8.15. The number of ether oxygens (including phenoxy) is 1. The smallest absolute Gasteiger partial charge is 0.417 e. The van der Waals surface area contributed by atoms with Crippen LogP contribution in [0.15, 0.2) is 43.0 Å². The van der Waals surface area contributed by atoms with Crippen LogP contribution in [0.5, 0.6) is 0 Å². The lowest BCUT2D eigenvalue weighted by Crippen LogP contribution is -2.36. The first-order valence-electron chi connectivity index (χ1n) is 5.36. The zero-order valence-corrected chi connectivity index (χ0v) is 9.50. The van der Waals surface area contributed by atoms with Crippen LogP contribution < -0.4 is 0 Å². The summed E-state index contributed by atoms with van der Waals surface area (Å²) < 4.78 is 5.21. The van der Waals surface area contributed by atoms with E-state index in [-0.39, 0.29) is 6.04 Å². The molecule has 0 radical (unpaired) electrons. The predicted molar refractivity (Wildman–Crippen MR) is 62.2 cm³/mol. The number of imide groups is 1. The topological polar surface area (TPSA) is 46.6 Å². The molecule has 2 rings (SSSR count). The number of cyclic esters (lactones) is 1. The number of carbonyl (C=O) groups excluding carboxylic acids is 2. The highest BCUT2D eigenvalue weighted by molar-refractivity contribution is 5.99. The van der Waals surface area contributed by atoms with Crippen LogP contribution >= 0.6 is 0 Å². The standard InChI is InChI=1S/C13H13NO3/c1-3-11(15)14-9(2)12(17-13(14)16)10-7-5-4-6-8-10/h3-9,12H,1H2,2H3/t9-,12-/m0/s1. The van der Waals surface area contributed by atoms with Gasteiger partial charge in [-0.15, -0.1) is 0 Å². The number of benzene rings is 1. The van der Waals surface area contributed by atoms with E-state index in [1.807, 2.05) is 30.3 Å². The average Bonchev–Trinajstić information content (AvgIpc) is 2.65.